The molecule has 154 valence electrons. The van der Waals surface area contributed by atoms with Crippen LogP contribution in [0.3, 0.4) is 0 Å². The molecule has 10 heteroatoms. The Morgan fingerprint density at radius 3 is 2.21 bits per heavy atom. The molecule has 0 spiro atoms. The van der Waals surface area contributed by atoms with Crippen molar-refractivity contribution in [2.75, 3.05) is 7.11 Å². The second kappa shape index (κ2) is 7.28. The minimum atomic E-state index is -5.34. The Hall–Kier alpha value is -3.27. The number of carbonyl (C=O) groups excluding carboxylic acids is 2. The second-order valence-corrected chi connectivity index (χ2v) is 6.50. The number of phenolic OH excluding ortho intramolecular Hbond substituents is 1. The highest BCUT2D eigenvalue weighted by atomic mass is 19.4. The van der Waals surface area contributed by atoms with Gasteiger partial charge in [-0.3, -0.25) is 4.79 Å². The van der Waals surface area contributed by atoms with Gasteiger partial charge in [-0.05, 0) is 42.0 Å². The molecule has 3 rings (SSSR count). The molecule has 1 aliphatic heterocycles. The molecule has 2 aromatic rings. The quantitative estimate of drug-likeness (QED) is 0.580. The lowest BCUT2D eigenvalue weighted by Gasteiger charge is -2.45. The Labute approximate surface area is 163 Å². The molecule has 7 nitrogen and oxygen atoms in total. The van der Waals surface area contributed by atoms with Gasteiger partial charge in [-0.1, -0.05) is 12.1 Å². The van der Waals surface area contributed by atoms with Gasteiger partial charge in [0, 0.05) is 5.56 Å². The van der Waals surface area contributed by atoms with Gasteiger partial charge in [-0.15, -0.1) is 0 Å². The number of hydrogen-bond acceptors (Lipinski definition) is 5. The van der Waals surface area contributed by atoms with E-state index in [1.54, 1.807) is 0 Å². The summed E-state index contributed by atoms with van der Waals surface area (Å²) in [5.41, 5.74) is -3.82. The lowest BCUT2D eigenvalue weighted by Crippen LogP contribution is -2.72. The molecule has 29 heavy (non-hydrogen) atoms. The summed E-state index contributed by atoms with van der Waals surface area (Å²) in [5.74, 6) is -2.95. The summed E-state index contributed by atoms with van der Waals surface area (Å²) in [7, 11) is 1.39. The molecule has 2 amide bonds. The number of ether oxygens (including phenoxy) is 1. The van der Waals surface area contributed by atoms with Gasteiger partial charge in [0.1, 0.15) is 17.4 Å². The minimum Gasteiger partial charge on any atom is -0.508 e. The molecule has 0 radical (unpaired) electrons. The van der Waals surface area contributed by atoms with Gasteiger partial charge >= 0.3 is 12.2 Å². The maximum atomic E-state index is 13.8. The normalized spacial score (nSPS) is 24.4. The molecular formula is C19H17F3N2O5. The number of alkyl halides is 3. The van der Waals surface area contributed by atoms with E-state index in [0.717, 1.165) is 0 Å². The number of aliphatic hydroxyl groups is 1. The zero-order valence-electron chi connectivity index (χ0n) is 15.0. The molecule has 0 unspecified atom stereocenters. The fourth-order valence-corrected chi connectivity index (χ4v) is 3.23. The maximum Gasteiger partial charge on any atom is 0.437 e. The van der Waals surface area contributed by atoms with Crippen LogP contribution in [0, 0.1) is 5.92 Å². The van der Waals surface area contributed by atoms with Crippen molar-refractivity contribution < 1.29 is 37.7 Å². The van der Waals surface area contributed by atoms with E-state index in [4.69, 9.17) is 4.74 Å². The lowest BCUT2D eigenvalue weighted by atomic mass is 9.77. The number of halogens is 3. The average Bonchev–Trinajstić information content (AvgIpc) is 2.67. The summed E-state index contributed by atoms with van der Waals surface area (Å²) in [6.45, 7) is 0. The number of aromatic hydroxyl groups is 1. The van der Waals surface area contributed by atoms with Gasteiger partial charge in [0.25, 0.3) is 0 Å². The van der Waals surface area contributed by atoms with E-state index in [-0.39, 0.29) is 16.9 Å². The van der Waals surface area contributed by atoms with Crippen LogP contribution in [-0.4, -0.2) is 41.0 Å². The van der Waals surface area contributed by atoms with Gasteiger partial charge in [-0.2, -0.15) is 13.2 Å². The number of ketones is 1. The van der Waals surface area contributed by atoms with Crippen LogP contribution in [0.5, 0.6) is 11.5 Å². The first-order valence-corrected chi connectivity index (χ1v) is 8.42. The van der Waals surface area contributed by atoms with Gasteiger partial charge in [0.05, 0.1) is 13.2 Å². The van der Waals surface area contributed by atoms with Crippen molar-refractivity contribution in [1.82, 2.24) is 10.6 Å². The van der Waals surface area contributed by atoms with E-state index >= 15 is 0 Å². The Bertz CT molecular complexity index is 915. The SMILES string of the molecule is COc1ccc(C(=O)[C@@H]2[C@H](c3ccc(O)cc3)NC(=O)N[C@]2(O)C(F)(F)F)cc1. The first kappa shape index (κ1) is 20.5. The Balaban J connectivity index is 2.13. The number of benzene rings is 2. The monoisotopic (exact) mass is 410 g/mol. The van der Waals surface area contributed by atoms with Gasteiger partial charge in [0.2, 0.25) is 5.72 Å². The van der Waals surface area contributed by atoms with E-state index in [9.17, 15) is 33.0 Å². The number of Topliss-reactive ketones (excluding diaryl/α,β-unsaturated/α-hetero) is 1. The Morgan fingerprint density at radius 1 is 1.10 bits per heavy atom. The molecule has 1 saturated heterocycles. The van der Waals surface area contributed by atoms with Crippen LogP contribution in [0.4, 0.5) is 18.0 Å². The van der Waals surface area contributed by atoms with Crippen molar-refractivity contribution in [3.63, 3.8) is 0 Å². The number of urea groups is 1. The van der Waals surface area contributed by atoms with Crippen LogP contribution < -0.4 is 15.4 Å². The predicted molar refractivity (Wildman–Crippen MR) is 94.3 cm³/mol. The predicted octanol–water partition coefficient (Wildman–Crippen LogP) is 2.50. The summed E-state index contributed by atoms with van der Waals surface area (Å²) in [5, 5.41) is 23.6. The van der Waals surface area contributed by atoms with Crippen molar-refractivity contribution in [3.05, 3.63) is 59.7 Å². The lowest BCUT2D eigenvalue weighted by molar-refractivity contribution is -0.287. The number of phenols is 1. The average molecular weight is 410 g/mol. The van der Waals surface area contributed by atoms with Crippen LogP contribution in [0.2, 0.25) is 0 Å². The van der Waals surface area contributed by atoms with Crippen molar-refractivity contribution in [1.29, 1.82) is 0 Å². The number of methoxy groups -OCH3 is 1. The van der Waals surface area contributed by atoms with Crippen LogP contribution in [-0.2, 0) is 0 Å². The highest BCUT2D eigenvalue weighted by Crippen LogP contribution is 2.44. The van der Waals surface area contributed by atoms with Gasteiger partial charge in [0.15, 0.2) is 5.78 Å². The van der Waals surface area contributed by atoms with Gasteiger partial charge < -0.3 is 25.6 Å². The van der Waals surface area contributed by atoms with Crippen LogP contribution in [0.1, 0.15) is 22.0 Å². The summed E-state index contributed by atoms with van der Waals surface area (Å²) < 4.78 is 46.3. The summed E-state index contributed by atoms with van der Waals surface area (Å²) in [4.78, 5) is 25.0. The smallest absolute Gasteiger partial charge is 0.437 e. The Kier molecular flexibility index (Phi) is 5.14. The zero-order valence-corrected chi connectivity index (χ0v) is 15.0. The van der Waals surface area contributed by atoms with Crippen LogP contribution in [0.15, 0.2) is 48.5 Å². The molecule has 0 aromatic heterocycles. The maximum absolute atomic E-state index is 13.8. The molecule has 4 N–H and O–H groups in total. The summed E-state index contributed by atoms with van der Waals surface area (Å²) in [6, 6.07) is 7.44. The molecule has 0 bridgehead atoms. The number of rotatable bonds is 4. The Morgan fingerprint density at radius 2 is 1.69 bits per heavy atom. The summed E-state index contributed by atoms with van der Waals surface area (Å²) in [6.07, 6.45) is -5.34. The minimum absolute atomic E-state index is 0.104. The highest BCUT2D eigenvalue weighted by molar-refractivity contribution is 6.00. The molecule has 2 aromatic carbocycles. The molecule has 1 fully saturated rings. The van der Waals surface area contributed by atoms with Crippen molar-refractivity contribution >= 4 is 11.8 Å². The molecular weight excluding hydrogens is 393 g/mol. The molecule has 1 aliphatic rings. The fourth-order valence-electron chi connectivity index (χ4n) is 3.23. The van der Waals surface area contributed by atoms with Crippen molar-refractivity contribution in [2.24, 2.45) is 5.92 Å². The van der Waals surface area contributed by atoms with E-state index in [2.05, 4.69) is 5.32 Å². The zero-order chi connectivity index (χ0) is 21.4. The fraction of sp³-hybridized carbons (Fsp3) is 0.263. The number of hydrogen-bond donors (Lipinski definition) is 4. The largest absolute Gasteiger partial charge is 0.508 e. The molecule has 3 atom stereocenters. The van der Waals surface area contributed by atoms with Crippen LogP contribution >= 0.6 is 0 Å². The second-order valence-electron chi connectivity index (χ2n) is 6.50. The van der Waals surface area contributed by atoms with E-state index in [1.165, 1.54) is 61.0 Å². The molecule has 0 aliphatic carbocycles. The van der Waals surface area contributed by atoms with E-state index < -0.39 is 35.7 Å². The number of carbonyl (C=O) groups is 2. The topological polar surface area (TPSA) is 108 Å². The third-order valence-electron chi connectivity index (χ3n) is 4.72. The highest BCUT2D eigenvalue weighted by Gasteiger charge is 2.66. The number of nitrogens with one attached hydrogen (secondary N) is 2. The molecule has 0 saturated carbocycles. The van der Waals surface area contributed by atoms with E-state index in [1.807, 2.05) is 0 Å². The molecule has 1 heterocycles. The first-order chi connectivity index (χ1) is 13.6. The summed E-state index contributed by atoms with van der Waals surface area (Å²) >= 11 is 0. The standard InChI is InChI=1S/C19H17F3N2O5/c1-29-13-8-4-11(5-9-13)16(26)14-15(10-2-6-12(25)7-3-10)23-17(27)24-18(14,28)19(20,21)22/h2-9,14-15,25,28H,1H3,(H2,23,24,27)/t14-,15-,18+/m0/s1. The van der Waals surface area contributed by atoms with Crippen molar-refractivity contribution in [3.8, 4) is 11.5 Å². The third-order valence-corrected chi connectivity index (χ3v) is 4.72. The van der Waals surface area contributed by atoms with Crippen molar-refractivity contribution in [2.45, 2.75) is 17.9 Å². The van der Waals surface area contributed by atoms with E-state index in [0.29, 0.717) is 5.75 Å². The number of amides is 2. The van der Waals surface area contributed by atoms with Crippen LogP contribution in [0.25, 0.3) is 0 Å². The third kappa shape index (κ3) is 3.70. The van der Waals surface area contributed by atoms with Gasteiger partial charge in [-0.25, -0.2) is 4.79 Å². The first-order valence-electron chi connectivity index (χ1n) is 8.42.